The molecule has 0 spiro atoms. The average molecular weight is 153 g/mol. The first kappa shape index (κ1) is 6.97. The van der Waals surface area contributed by atoms with Crippen molar-refractivity contribution in [1.29, 1.82) is 5.26 Å². The Kier molecular flexibility index (Phi) is 2.19. The van der Waals surface area contributed by atoms with Crippen molar-refractivity contribution in [3.8, 4) is 6.07 Å². The summed E-state index contributed by atoms with van der Waals surface area (Å²) in [5.74, 6) is -0.748. The Labute approximate surface area is 62.0 Å². The van der Waals surface area contributed by atoms with Crippen molar-refractivity contribution in [1.82, 2.24) is 0 Å². The van der Waals surface area contributed by atoms with Gasteiger partial charge in [0.2, 0.25) is 5.83 Å². The van der Waals surface area contributed by atoms with Crippen molar-refractivity contribution >= 4 is 17.4 Å². The fourth-order valence-corrected chi connectivity index (χ4v) is 1.17. The highest BCUT2D eigenvalue weighted by atomic mass is 32.1. The van der Waals surface area contributed by atoms with Crippen LogP contribution in [-0.2, 0) is 0 Å². The molecule has 0 radical (unpaired) electrons. The molecule has 1 heterocycles. The molecule has 1 aromatic rings. The van der Waals surface area contributed by atoms with E-state index in [-0.39, 0.29) is 0 Å². The summed E-state index contributed by atoms with van der Waals surface area (Å²) in [6.07, 6.45) is 1.21. The summed E-state index contributed by atoms with van der Waals surface area (Å²) in [6, 6.07) is 4.96. The van der Waals surface area contributed by atoms with Gasteiger partial charge in [0.05, 0.1) is 0 Å². The van der Waals surface area contributed by atoms with Gasteiger partial charge in [-0.15, -0.1) is 11.3 Å². The van der Waals surface area contributed by atoms with E-state index in [0.29, 0.717) is 0 Å². The topological polar surface area (TPSA) is 23.8 Å². The van der Waals surface area contributed by atoms with E-state index in [0.717, 1.165) is 4.88 Å². The number of rotatable bonds is 1. The average Bonchev–Trinajstić information content (AvgIpc) is 2.40. The number of allylic oxidation sites excluding steroid dienone is 1. The molecular weight excluding hydrogens is 149 g/mol. The largest absolute Gasteiger partial charge is 0.201 e. The molecule has 10 heavy (non-hydrogen) atoms. The highest BCUT2D eigenvalue weighted by molar-refractivity contribution is 7.10. The normalized spacial score (nSPS) is 11.0. The van der Waals surface area contributed by atoms with E-state index in [1.54, 1.807) is 12.1 Å². The van der Waals surface area contributed by atoms with Crippen LogP contribution >= 0.6 is 11.3 Å². The first-order valence-corrected chi connectivity index (χ1v) is 3.51. The van der Waals surface area contributed by atoms with E-state index in [2.05, 4.69) is 0 Å². The summed E-state index contributed by atoms with van der Waals surface area (Å²) in [5.41, 5.74) is 0. The lowest BCUT2D eigenvalue weighted by atomic mass is 10.4. The molecule has 3 heteroatoms. The number of nitriles is 1. The SMILES string of the molecule is N#C/C(F)=C\c1cccs1. The molecule has 0 N–H and O–H groups in total. The Hall–Kier alpha value is -1.14. The summed E-state index contributed by atoms with van der Waals surface area (Å²) >= 11 is 1.40. The lowest BCUT2D eigenvalue weighted by Crippen LogP contribution is -1.62. The van der Waals surface area contributed by atoms with Crippen LogP contribution in [0.25, 0.3) is 6.08 Å². The zero-order valence-corrected chi connectivity index (χ0v) is 5.86. The predicted octanol–water partition coefficient (Wildman–Crippen LogP) is 2.58. The Morgan fingerprint density at radius 1 is 1.80 bits per heavy atom. The van der Waals surface area contributed by atoms with Crippen LogP contribution in [0.4, 0.5) is 4.39 Å². The molecule has 50 valence electrons. The third-order valence-corrected chi connectivity index (χ3v) is 1.74. The van der Waals surface area contributed by atoms with Crippen LogP contribution in [0.5, 0.6) is 0 Å². The number of hydrogen-bond acceptors (Lipinski definition) is 2. The first-order chi connectivity index (χ1) is 4.83. The van der Waals surface area contributed by atoms with Crippen LogP contribution in [0.15, 0.2) is 23.3 Å². The fourth-order valence-electron chi connectivity index (χ4n) is 0.531. The smallest absolute Gasteiger partial charge is 0.195 e. The van der Waals surface area contributed by atoms with Gasteiger partial charge >= 0.3 is 0 Å². The number of nitrogens with zero attached hydrogens (tertiary/aromatic N) is 1. The second-order valence-corrected chi connectivity index (χ2v) is 2.60. The highest BCUT2D eigenvalue weighted by Crippen LogP contribution is 2.12. The zero-order valence-electron chi connectivity index (χ0n) is 5.04. The lowest BCUT2D eigenvalue weighted by Gasteiger charge is -1.78. The second kappa shape index (κ2) is 3.14. The van der Waals surface area contributed by atoms with Gasteiger partial charge in [-0.05, 0) is 11.4 Å². The number of hydrogen-bond donors (Lipinski definition) is 0. The molecule has 1 nitrogen and oxygen atoms in total. The molecule has 0 aromatic carbocycles. The van der Waals surface area contributed by atoms with E-state index in [1.165, 1.54) is 23.5 Å². The van der Waals surface area contributed by atoms with Crippen molar-refractivity contribution in [2.24, 2.45) is 0 Å². The predicted molar refractivity (Wildman–Crippen MR) is 39.0 cm³/mol. The van der Waals surface area contributed by atoms with Gasteiger partial charge in [-0.25, -0.2) is 0 Å². The van der Waals surface area contributed by atoms with Gasteiger partial charge in [-0.3, -0.25) is 0 Å². The maximum atomic E-state index is 12.2. The lowest BCUT2D eigenvalue weighted by molar-refractivity contribution is 0.680. The van der Waals surface area contributed by atoms with Gasteiger partial charge in [0.25, 0.3) is 0 Å². The Bertz CT molecular complexity index is 268. The summed E-state index contributed by atoms with van der Waals surface area (Å²) in [7, 11) is 0. The number of thiophene rings is 1. The molecule has 0 unspecified atom stereocenters. The highest BCUT2D eigenvalue weighted by Gasteiger charge is 1.91. The molecule has 0 fully saturated rings. The minimum Gasteiger partial charge on any atom is -0.195 e. The van der Waals surface area contributed by atoms with Crippen molar-refractivity contribution in [2.75, 3.05) is 0 Å². The van der Waals surface area contributed by atoms with E-state index >= 15 is 0 Å². The van der Waals surface area contributed by atoms with Crippen LogP contribution in [0.1, 0.15) is 4.88 Å². The third kappa shape index (κ3) is 1.67. The summed E-state index contributed by atoms with van der Waals surface area (Å²) in [4.78, 5) is 0.763. The summed E-state index contributed by atoms with van der Waals surface area (Å²) in [6.45, 7) is 0. The molecule has 0 aliphatic rings. The quantitative estimate of drug-likeness (QED) is 0.569. The van der Waals surface area contributed by atoms with Crippen LogP contribution in [-0.4, -0.2) is 0 Å². The Balaban J connectivity index is 2.83. The Morgan fingerprint density at radius 3 is 3.10 bits per heavy atom. The second-order valence-electron chi connectivity index (χ2n) is 1.62. The molecule has 0 saturated carbocycles. The maximum absolute atomic E-state index is 12.2. The van der Waals surface area contributed by atoms with Gasteiger partial charge in [-0.2, -0.15) is 9.65 Å². The zero-order chi connectivity index (χ0) is 7.40. The van der Waals surface area contributed by atoms with E-state index in [9.17, 15) is 4.39 Å². The minimum atomic E-state index is -0.748. The van der Waals surface area contributed by atoms with E-state index < -0.39 is 5.83 Å². The van der Waals surface area contributed by atoms with Crippen molar-refractivity contribution in [3.05, 3.63) is 28.2 Å². The molecule has 0 saturated heterocycles. The van der Waals surface area contributed by atoms with Crippen molar-refractivity contribution < 1.29 is 4.39 Å². The molecule has 0 amide bonds. The summed E-state index contributed by atoms with van der Waals surface area (Å²) < 4.78 is 12.2. The van der Waals surface area contributed by atoms with Crippen LogP contribution in [0, 0.1) is 11.3 Å². The van der Waals surface area contributed by atoms with E-state index in [1.807, 2.05) is 5.38 Å². The monoisotopic (exact) mass is 153 g/mol. The molecule has 0 atom stereocenters. The first-order valence-electron chi connectivity index (χ1n) is 2.64. The van der Waals surface area contributed by atoms with Crippen LogP contribution < -0.4 is 0 Å². The fraction of sp³-hybridized carbons (Fsp3) is 0. The molecule has 1 aromatic heterocycles. The third-order valence-electron chi connectivity index (χ3n) is 0.919. The number of halogens is 1. The summed E-state index contributed by atoms with van der Waals surface area (Å²) in [5, 5.41) is 9.87. The van der Waals surface area contributed by atoms with Crippen LogP contribution in [0.2, 0.25) is 0 Å². The van der Waals surface area contributed by atoms with Gasteiger partial charge in [0, 0.05) is 11.0 Å². The standard InChI is InChI=1S/C7H4FNS/c8-6(5-9)4-7-2-1-3-10-7/h1-4H/b6-4+. The van der Waals surface area contributed by atoms with Crippen molar-refractivity contribution in [2.45, 2.75) is 0 Å². The molecule has 0 aliphatic carbocycles. The Morgan fingerprint density at radius 2 is 2.60 bits per heavy atom. The minimum absolute atomic E-state index is 0.748. The van der Waals surface area contributed by atoms with Gasteiger partial charge in [0.1, 0.15) is 6.07 Å². The molecule has 1 rings (SSSR count). The van der Waals surface area contributed by atoms with Crippen LogP contribution in [0.3, 0.4) is 0 Å². The molecular formula is C7H4FNS. The van der Waals surface area contributed by atoms with Gasteiger partial charge in [0.15, 0.2) is 0 Å². The van der Waals surface area contributed by atoms with Gasteiger partial charge < -0.3 is 0 Å². The maximum Gasteiger partial charge on any atom is 0.201 e. The van der Waals surface area contributed by atoms with E-state index in [4.69, 9.17) is 5.26 Å². The van der Waals surface area contributed by atoms with Crippen molar-refractivity contribution in [3.63, 3.8) is 0 Å². The molecule has 0 aliphatic heterocycles. The van der Waals surface area contributed by atoms with Gasteiger partial charge in [-0.1, -0.05) is 6.07 Å². The molecule has 0 bridgehead atoms.